The van der Waals surface area contributed by atoms with E-state index in [9.17, 15) is 13.5 Å². The lowest BCUT2D eigenvalue weighted by atomic mass is 10.1. The highest BCUT2D eigenvalue weighted by atomic mass is 35.5. The Bertz CT molecular complexity index is 982. The molecule has 1 heterocycles. The molecule has 5 nitrogen and oxygen atoms in total. The minimum absolute atomic E-state index is 0.0696. The number of aryl methyl sites for hydroxylation is 1. The SMILES string of the molecule is Cn1cc(C(O)CNS(=O)(=O)c2cccc(Cl)c2)c2ccccc21. The molecule has 0 fully saturated rings. The standard InChI is InChI=1S/C17H17ClN2O3S/c1-20-11-15(14-7-2-3-8-16(14)20)17(21)10-19-24(22,23)13-6-4-5-12(18)9-13/h2-9,11,17,19,21H,10H2,1H3. The number of halogens is 1. The first-order valence-electron chi connectivity index (χ1n) is 7.36. The molecule has 1 aromatic heterocycles. The van der Waals surface area contributed by atoms with Crippen molar-refractivity contribution in [2.75, 3.05) is 6.54 Å². The number of hydrogen-bond donors (Lipinski definition) is 2. The molecule has 1 atom stereocenters. The lowest BCUT2D eigenvalue weighted by Gasteiger charge is -2.12. The Balaban J connectivity index is 1.81. The van der Waals surface area contributed by atoms with Crippen molar-refractivity contribution in [2.45, 2.75) is 11.0 Å². The summed E-state index contributed by atoms with van der Waals surface area (Å²) in [5.74, 6) is 0. The molecule has 0 aliphatic carbocycles. The fraction of sp³-hybridized carbons (Fsp3) is 0.176. The number of para-hydroxylation sites is 1. The van der Waals surface area contributed by atoms with Gasteiger partial charge in [0.15, 0.2) is 0 Å². The van der Waals surface area contributed by atoms with Gasteiger partial charge >= 0.3 is 0 Å². The van der Waals surface area contributed by atoms with E-state index >= 15 is 0 Å². The number of aliphatic hydroxyl groups is 1. The van der Waals surface area contributed by atoms with E-state index in [2.05, 4.69) is 4.72 Å². The quantitative estimate of drug-likeness (QED) is 0.731. The van der Waals surface area contributed by atoms with Crippen LogP contribution < -0.4 is 4.72 Å². The maximum Gasteiger partial charge on any atom is 0.240 e. The molecule has 0 aliphatic heterocycles. The van der Waals surface area contributed by atoms with Crippen LogP contribution in [-0.2, 0) is 17.1 Å². The second-order valence-corrected chi connectivity index (χ2v) is 7.74. The van der Waals surface area contributed by atoms with E-state index in [-0.39, 0.29) is 11.4 Å². The number of nitrogens with one attached hydrogen (secondary N) is 1. The summed E-state index contributed by atoms with van der Waals surface area (Å²) in [5, 5.41) is 11.7. The predicted octanol–water partition coefficient (Wildman–Crippen LogP) is 2.84. The van der Waals surface area contributed by atoms with Crippen molar-refractivity contribution < 1.29 is 13.5 Å². The summed E-state index contributed by atoms with van der Waals surface area (Å²) in [6.45, 7) is -0.122. The summed E-state index contributed by atoms with van der Waals surface area (Å²) < 4.78 is 28.9. The minimum Gasteiger partial charge on any atom is -0.387 e. The van der Waals surface area contributed by atoms with Gasteiger partial charge in [0.25, 0.3) is 0 Å². The molecule has 3 aromatic rings. The first kappa shape index (κ1) is 17.0. The molecule has 0 amide bonds. The van der Waals surface area contributed by atoms with Crippen LogP contribution in [0.15, 0.2) is 59.6 Å². The first-order valence-corrected chi connectivity index (χ1v) is 9.22. The van der Waals surface area contributed by atoms with Gasteiger partial charge in [0.2, 0.25) is 10.0 Å². The van der Waals surface area contributed by atoms with Gasteiger partial charge < -0.3 is 9.67 Å². The normalized spacial score (nSPS) is 13.3. The third-order valence-corrected chi connectivity index (χ3v) is 5.52. The van der Waals surface area contributed by atoms with Gasteiger partial charge in [-0.05, 0) is 24.3 Å². The van der Waals surface area contributed by atoms with E-state index in [0.29, 0.717) is 10.6 Å². The molecule has 126 valence electrons. The van der Waals surface area contributed by atoms with Gasteiger partial charge in [-0.1, -0.05) is 35.9 Å². The number of nitrogens with zero attached hydrogens (tertiary/aromatic N) is 1. The molecular formula is C17H17ClN2O3S. The Morgan fingerprint density at radius 3 is 2.71 bits per heavy atom. The van der Waals surface area contributed by atoms with Crippen molar-refractivity contribution in [2.24, 2.45) is 7.05 Å². The summed E-state index contributed by atoms with van der Waals surface area (Å²) in [6.07, 6.45) is 0.855. The smallest absolute Gasteiger partial charge is 0.240 e. The number of benzene rings is 2. The lowest BCUT2D eigenvalue weighted by Crippen LogP contribution is -2.28. The van der Waals surface area contributed by atoms with E-state index in [1.807, 2.05) is 42.1 Å². The number of sulfonamides is 1. The van der Waals surface area contributed by atoms with E-state index in [4.69, 9.17) is 11.6 Å². The van der Waals surface area contributed by atoms with Crippen molar-refractivity contribution in [3.63, 3.8) is 0 Å². The fourth-order valence-electron chi connectivity index (χ4n) is 2.65. The van der Waals surface area contributed by atoms with Crippen LogP contribution in [0.2, 0.25) is 5.02 Å². The average molecular weight is 365 g/mol. The summed E-state index contributed by atoms with van der Waals surface area (Å²) in [4.78, 5) is 0.0696. The zero-order valence-electron chi connectivity index (χ0n) is 13.0. The molecule has 2 aromatic carbocycles. The largest absolute Gasteiger partial charge is 0.387 e. The third-order valence-electron chi connectivity index (χ3n) is 3.86. The molecule has 0 saturated heterocycles. The van der Waals surface area contributed by atoms with E-state index in [1.165, 1.54) is 12.1 Å². The highest BCUT2D eigenvalue weighted by molar-refractivity contribution is 7.89. The Kier molecular flexibility index (Phi) is 4.64. The predicted molar refractivity (Wildman–Crippen MR) is 94.5 cm³/mol. The lowest BCUT2D eigenvalue weighted by molar-refractivity contribution is 0.183. The molecule has 0 spiro atoms. The molecule has 0 bridgehead atoms. The topological polar surface area (TPSA) is 71.3 Å². The number of aromatic nitrogens is 1. The second kappa shape index (κ2) is 6.57. The van der Waals surface area contributed by atoms with Gasteiger partial charge in [0.05, 0.1) is 11.0 Å². The van der Waals surface area contributed by atoms with Crippen LogP contribution in [0.1, 0.15) is 11.7 Å². The van der Waals surface area contributed by atoms with E-state index in [0.717, 1.165) is 10.9 Å². The summed E-state index contributed by atoms with van der Waals surface area (Å²) in [7, 11) is -1.85. The number of fused-ring (bicyclic) bond motifs is 1. The van der Waals surface area contributed by atoms with Gasteiger partial charge in [-0.3, -0.25) is 0 Å². The van der Waals surface area contributed by atoms with Gasteiger partial charge in [-0.25, -0.2) is 13.1 Å². The maximum atomic E-state index is 12.3. The van der Waals surface area contributed by atoms with Gasteiger partial charge in [0.1, 0.15) is 0 Å². The first-order chi connectivity index (χ1) is 11.4. The minimum atomic E-state index is -3.73. The zero-order valence-corrected chi connectivity index (χ0v) is 14.6. The van der Waals surface area contributed by atoms with Crippen LogP contribution >= 0.6 is 11.6 Å². The van der Waals surface area contributed by atoms with Crippen LogP contribution in [0.5, 0.6) is 0 Å². The molecule has 0 radical (unpaired) electrons. The number of aliphatic hydroxyl groups excluding tert-OH is 1. The second-order valence-electron chi connectivity index (χ2n) is 5.54. The van der Waals surface area contributed by atoms with Crippen molar-refractivity contribution in [3.8, 4) is 0 Å². The number of rotatable bonds is 5. The Morgan fingerprint density at radius 1 is 1.21 bits per heavy atom. The van der Waals surface area contributed by atoms with Gasteiger partial charge in [-0.15, -0.1) is 0 Å². The maximum absolute atomic E-state index is 12.3. The van der Waals surface area contributed by atoms with Crippen LogP contribution in [0, 0.1) is 0 Å². The Labute approximate surface area is 145 Å². The molecule has 2 N–H and O–H groups in total. The summed E-state index contributed by atoms with van der Waals surface area (Å²) in [5.41, 5.74) is 1.66. The third kappa shape index (κ3) is 3.32. The highest BCUT2D eigenvalue weighted by Gasteiger charge is 2.19. The Hall–Kier alpha value is -1.86. The van der Waals surface area contributed by atoms with Gasteiger partial charge in [-0.2, -0.15) is 0 Å². The summed E-state index contributed by atoms with van der Waals surface area (Å²) >= 11 is 5.83. The molecule has 0 saturated carbocycles. The van der Waals surface area contributed by atoms with Crippen LogP contribution in [0.3, 0.4) is 0 Å². The van der Waals surface area contributed by atoms with E-state index < -0.39 is 16.1 Å². The monoisotopic (exact) mass is 364 g/mol. The molecule has 0 aliphatic rings. The van der Waals surface area contributed by atoms with Crippen LogP contribution in [-0.4, -0.2) is 24.6 Å². The van der Waals surface area contributed by atoms with Crippen molar-refractivity contribution in [1.82, 2.24) is 9.29 Å². The summed E-state index contributed by atoms with van der Waals surface area (Å²) in [6, 6.07) is 13.6. The molecule has 3 rings (SSSR count). The Morgan fingerprint density at radius 2 is 1.96 bits per heavy atom. The van der Waals surface area contributed by atoms with E-state index in [1.54, 1.807) is 12.1 Å². The number of hydrogen-bond acceptors (Lipinski definition) is 3. The van der Waals surface area contributed by atoms with Crippen molar-refractivity contribution in [3.05, 3.63) is 65.3 Å². The molecular weight excluding hydrogens is 348 g/mol. The zero-order chi connectivity index (χ0) is 17.3. The van der Waals surface area contributed by atoms with Gasteiger partial charge in [0, 0.05) is 41.3 Å². The van der Waals surface area contributed by atoms with Crippen molar-refractivity contribution >= 4 is 32.5 Å². The van der Waals surface area contributed by atoms with Crippen LogP contribution in [0.4, 0.5) is 0 Å². The molecule has 24 heavy (non-hydrogen) atoms. The van der Waals surface area contributed by atoms with Crippen LogP contribution in [0.25, 0.3) is 10.9 Å². The average Bonchev–Trinajstić information content (AvgIpc) is 2.90. The highest BCUT2D eigenvalue weighted by Crippen LogP contribution is 2.26. The molecule has 7 heteroatoms. The van der Waals surface area contributed by atoms with Crippen molar-refractivity contribution in [1.29, 1.82) is 0 Å². The molecule has 1 unspecified atom stereocenters. The fourth-order valence-corrected chi connectivity index (χ4v) is 3.99.